The molecule has 6 nitrogen and oxygen atoms in total. The maximum atomic E-state index is 12.1. The number of nitrogens with one attached hydrogen (secondary N) is 2. The minimum Gasteiger partial charge on any atom is -0.349 e. The molecule has 2 aromatic rings. The summed E-state index contributed by atoms with van der Waals surface area (Å²) in [6, 6.07) is 9.86. The summed E-state index contributed by atoms with van der Waals surface area (Å²) in [4.78, 5) is 30.6. The van der Waals surface area contributed by atoms with Crippen LogP contribution in [0.4, 0.5) is 5.13 Å². The second-order valence-electron chi connectivity index (χ2n) is 5.85. The van der Waals surface area contributed by atoms with Gasteiger partial charge in [-0.25, -0.2) is 4.98 Å². The predicted octanol–water partition coefficient (Wildman–Crippen LogP) is 2.79. The molecule has 1 heterocycles. The fourth-order valence-electron chi connectivity index (χ4n) is 2.48. The molecular formula is C19H26N4O2S. The number of aromatic nitrogens is 1. The number of benzene rings is 1. The maximum Gasteiger partial charge on any atom is 0.270 e. The Morgan fingerprint density at radius 1 is 1.15 bits per heavy atom. The second kappa shape index (κ2) is 10.7. The highest BCUT2D eigenvalue weighted by molar-refractivity contribution is 7.14. The van der Waals surface area contributed by atoms with Gasteiger partial charge < -0.3 is 15.5 Å². The molecule has 2 amide bonds. The number of carbonyl (C=O) groups excluding carboxylic acids is 2. The minimum absolute atomic E-state index is 0.100. The highest BCUT2D eigenvalue weighted by Gasteiger charge is 2.12. The molecule has 26 heavy (non-hydrogen) atoms. The van der Waals surface area contributed by atoms with Gasteiger partial charge in [-0.1, -0.05) is 44.2 Å². The Hall–Kier alpha value is -2.25. The molecule has 0 bridgehead atoms. The summed E-state index contributed by atoms with van der Waals surface area (Å²) >= 11 is 1.26. The van der Waals surface area contributed by atoms with Crippen LogP contribution in [-0.4, -0.2) is 47.9 Å². The molecule has 0 saturated carbocycles. The number of hydrogen-bond acceptors (Lipinski definition) is 5. The second-order valence-corrected chi connectivity index (χ2v) is 6.71. The molecule has 7 heteroatoms. The highest BCUT2D eigenvalue weighted by Crippen LogP contribution is 2.16. The van der Waals surface area contributed by atoms with Gasteiger partial charge >= 0.3 is 0 Å². The molecule has 0 saturated heterocycles. The highest BCUT2D eigenvalue weighted by atomic mass is 32.1. The number of rotatable bonds is 10. The monoisotopic (exact) mass is 374 g/mol. The smallest absolute Gasteiger partial charge is 0.270 e. The van der Waals surface area contributed by atoms with E-state index in [1.165, 1.54) is 11.3 Å². The fourth-order valence-corrected chi connectivity index (χ4v) is 3.18. The van der Waals surface area contributed by atoms with Crippen LogP contribution in [-0.2, 0) is 11.2 Å². The number of nitrogens with zero attached hydrogens (tertiary/aromatic N) is 2. The van der Waals surface area contributed by atoms with Crippen LogP contribution in [0.25, 0.3) is 0 Å². The van der Waals surface area contributed by atoms with Gasteiger partial charge in [0.05, 0.1) is 0 Å². The van der Waals surface area contributed by atoms with Gasteiger partial charge in [0.15, 0.2) is 5.13 Å². The average Bonchev–Trinajstić information content (AvgIpc) is 3.13. The quantitative estimate of drug-likeness (QED) is 0.671. The molecule has 140 valence electrons. The van der Waals surface area contributed by atoms with Crippen molar-refractivity contribution < 1.29 is 9.59 Å². The first-order chi connectivity index (χ1) is 12.6. The third-order valence-electron chi connectivity index (χ3n) is 4.07. The Morgan fingerprint density at radius 3 is 2.58 bits per heavy atom. The Morgan fingerprint density at radius 2 is 1.88 bits per heavy atom. The van der Waals surface area contributed by atoms with Gasteiger partial charge in [0.1, 0.15) is 5.69 Å². The molecule has 0 aliphatic carbocycles. The van der Waals surface area contributed by atoms with Crippen molar-refractivity contribution in [1.29, 1.82) is 0 Å². The first kappa shape index (κ1) is 20.1. The van der Waals surface area contributed by atoms with Crippen molar-refractivity contribution in [3.63, 3.8) is 0 Å². The largest absolute Gasteiger partial charge is 0.349 e. The predicted molar refractivity (Wildman–Crippen MR) is 106 cm³/mol. The molecule has 0 atom stereocenters. The summed E-state index contributed by atoms with van der Waals surface area (Å²) in [7, 11) is 0. The first-order valence-corrected chi connectivity index (χ1v) is 9.80. The Balaban J connectivity index is 1.75. The normalized spacial score (nSPS) is 10.7. The molecule has 0 unspecified atom stereocenters. The molecule has 2 rings (SSSR count). The van der Waals surface area contributed by atoms with E-state index in [9.17, 15) is 9.59 Å². The fraction of sp³-hybridized carbons (Fsp3) is 0.421. The Kier molecular flexibility index (Phi) is 8.24. The summed E-state index contributed by atoms with van der Waals surface area (Å²) in [6.45, 7) is 7.50. The van der Waals surface area contributed by atoms with Gasteiger partial charge in [0.25, 0.3) is 5.91 Å². The number of amides is 2. The molecular weight excluding hydrogens is 348 g/mol. The lowest BCUT2D eigenvalue weighted by Crippen LogP contribution is -2.34. The zero-order chi connectivity index (χ0) is 18.8. The van der Waals surface area contributed by atoms with E-state index in [0.29, 0.717) is 30.2 Å². The van der Waals surface area contributed by atoms with Gasteiger partial charge in [0, 0.05) is 24.9 Å². The van der Waals surface area contributed by atoms with Crippen LogP contribution < -0.4 is 10.6 Å². The van der Waals surface area contributed by atoms with E-state index in [-0.39, 0.29) is 11.8 Å². The van der Waals surface area contributed by atoms with Gasteiger partial charge in [-0.15, -0.1) is 11.3 Å². The maximum absolute atomic E-state index is 12.1. The van der Waals surface area contributed by atoms with E-state index >= 15 is 0 Å². The summed E-state index contributed by atoms with van der Waals surface area (Å²) < 4.78 is 0. The Bertz CT molecular complexity index is 699. The zero-order valence-corrected chi connectivity index (χ0v) is 16.1. The number of hydrogen-bond donors (Lipinski definition) is 2. The number of anilines is 1. The van der Waals surface area contributed by atoms with Crippen molar-refractivity contribution >= 4 is 28.3 Å². The lowest BCUT2D eigenvalue weighted by atomic mass is 10.1. The number of likely N-dealkylation sites (N-methyl/N-ethyl adjacent to an activating group) is 1. The van der Waals surface area contributed by atoms with E-state index < -0.39 is 0 Å². The molecule has 1 aromatic carbocycles. The van der Waals surface area contributed by atoms with Gasteiger partial charge in [-0.2, -0.15) is 0 Å². The molecule has 0 aliphatic heterocycles. The van der Waals surface area contributed by atoms with Gasteiger partial charge in [-0.05, 0) is 25.1 Å². The topological polar surface area (TPSA) is 74.3 Å². The zero-order valence-electron chi connectivity index (χ0n) is 15.3. The third kappa shape index (κ3) is 6.57. The molecule has 0 fully saturated rings. The molecule has 2 N–H and O–H groups in total. The van der Waals surface area contributed by atoms with Crippen LogP contribution in [0, 0.1) is 0 Å². The number of aryl methyl sites for hydroxylation is 1. The van der Waals surface area contributed by atoms with Crippen molar-refractivity contribution in [2.45, 2.75) is 26.7 Å². The third-order valence-corrected chi connectivity index (χ3v) is 4.83. The van der Waals surface area contributed by atoms with Crippen LogP contribution in [0.2, 0.25) is 0 Å². The van der Waals surface area contributed by atoms with Crippen molar-refractivity contribution in [3.05, 3.63) is 47.0 Å². The Labute approximate surface area is 158 Å². The van der Waals surface area contributed by atoms with Crippen molar-refractivity contribution in [3.8, 4) is 0 Å². The van der Waals surface area contributed by atoms with Crippen LogP contribution in [0.15, 0.2) is 35.7 Å². The van der Waals surface area contributed by atoms with Crippen molar-refractivity contribution in [2.24, 2.45) is 0 Å². The molecule has 0 radical (unpaired) electrons. The first-order valence-electron chi connectivity index (χ1n) is 8.92. The molecule has 1 aromatic heterocycles. The average molecular weight is 375 g/mol. The number of thiazole rings is 1. The minimum atomic E-state index is -0.210. The summed E-state index contributed by atoms with van der Waals surface area (Å²) in [5, 5.41) is 7.74. The van der Waals surface area contributed by atoms with Gasteiger partial charge in [0.2, 0.25) is 5.91 Å². The van der Waals surface area contributed by atoms with E-state index in [4.69, 9.17) is 0 Å². The van der Waals surface area contributed by atoms with E-state index in [1.54, 1.807) is 5.38 Å². The standard InChI is InChI=1S/C19H26N4O2S/c1-3-23(4-2)13-12-20-18(25)16-14-26-19(21-16)22-17(24)11-10-15-8-6-5-7-9-15/h5-9,14H,3-4,10-13H2,1-2H3,(H,20,25)(H,21,22,24). The van der Waals surface area contributed by atoms with Crippen LogP contribution in [0.3, 0.4) is 0 Å². The molecule has 0 spiro atoms. The summed E-state index contributed by atoms with van der Waals surface area (Å²) in [5.41, 5.74) is 1.46. The van der Waals surface area contributed by atoms with Crippen LogP contribution in [0.5, 0.6) is 0 Å². The summed E-state index contributed by atoms with van der Waals surface area (Å²) in [5.74, 6) is -0.310. The van der Waals surface area contributed by atoms with E-state index in [1.807, 2.05) is 30.3 Å². The lowest BCUT2D eigenvalue weighted by molar-refractivity contribution is -0.116. The van der Waals surface area contributed by atoms with Crippen LogP contribution >= 0.6 is 11.3 Å². The number of carbonyl (C=O) groups is 2. The van der Waals surface area contributed by atoms with Gasteiger partial charge in [-0.3, -0.25) is 9.59 Å². The molecule has 0 aliphatic rings. The van der Waals surface area contributed by atoms with Crippen molar-refractivity contribution in [1.82, 2.24) is 15.2 Å². The van der Waals surface area contributed by atoms with E-state index in [2.05, 4.69) is 34.4 Å². The van der Waals surface area contributed by atoms with Crippen molar-refractivity contribution in [2.75, 3.05) is 31.5 Å². The summed E-state index contributed by atoms with van der Waals surface area (Å²) in [6.07, 6.45) is 1.06. The SMILES string of the molecule is CCN(CC)CCNC(=O)c1csc(NC(=O)CCc2ccccc2)n1. The lowest BCUT2D eigenvalue weighted by Gasteiger charge is -2.17. The van der Waals surface area contributed by atoms with Crippen LogP contribution in [0.1, 0.15) is 36.3 Å². The van der Waals surface area contributed by atoms with E-state index in [0.717, 1.165) is 25.2 Å².